The number of rotatable bonds is 2. The minimum Gasteiger partial charge on any atom is -0.310 e. The van der Waals surface area contributed by atoms with Crippen LogP contribution in [0.4, 0.5) is 0 Å². The zero-order valence-electron chi connectivity index (χ0n) is 11.6. The molecule has 1 aliphatic carbocycles. The molecular formula is C16H23NO. The molecule has 0 amide bonds. The zero-order chi connectivity index (χ0) is 13.2. The lowest BCUT2D eigenvalue weighted by molar-refractivity contribution is -0.124. The number of hydrogen-bond acceptors (Lipinski definition) is 2. The van der Waals surface area contributed by atoms with Gasteiger partial charge in [-0.2, -0.15) is 0 Å². The van der Waals surface area contributed by atoms with Crippen LogP contribution < -0.4 is 5.32 Å². The van der Waals surface area contributed by atoms with Crippen molar-refractivity contribution in [3.8, 4) is 0 Å². The van der Waals surface area contributed by atoms with Crippen molar-refractivity contribution in [1.82, 2.24) is 5.32 Å². The van der Waals surface area contributed by atoms with Crippen LogP contribution in [0.5, 0.6) is 0 Å². The fourth-order valence-electron chi connectivity index (χ4n) is 3.18. The van der Waals surface area contributed by atoms with Crippen LogP contribution in [0.3, 0.4) is 0 Å². The van der Waals surface area contributed by atoms with Crippen molar-refractivity contribution in [2.45, 2.75) is 45.1 Å². The van der Waals surface area contributed by atoms with Crippen molar-refractivity contribution in [1.29, 1.82) is 0 Å². The Morgan fingerprint density at radius 2 is 1.89 bits per heavy atom. The van der Waals surface area contributed by atoms with Crippen LogP contribution in [0.15, 0.2) is 30.3 Å². The van der Waals surface area contributed by atoms with Crippen LogP contribution in [-0.4, -0.2) is 18.9 Å². The van der Waals surface area contributed by atoms with Gasteiger partial charge in [-0.3, -0.25) is 4.79 Å². The average Bonchev–Trinajstić information content (AvgIpc) is 2.46. The molecule has 0 bridgehead atoms. The van der Waals surface area contributed by atoms with Crippen molar-refractivity contribution < 1.29 is 4.79 Å². The number of hydrogen-bond donors (Lipinski definition) is 1. The monoisotopic (exact) mass is 245 g/mol. The molecule has 0 saturated heterocycles. The first-order valence-electron chi connectivity index (χ1n) is 6.82. The molecule has 0 aliphatic heterocycles. The molecule has 0 heterocycles. The van der Waals surface area contributed by atoms with Gasteiger partial charge < -0.3 is 5.32 Å². The smallest absolute Gasteiger partial charge is 0.157 e. The molecule has 1 fully saturated rings. The SMILES string of the molecule is CNC1C(=O)C(c2ccccc2)CCCC1(C)C. The van der Waals surface area contributed by atoms with Gasteiger partial charge in [-0.15, -0.1) is 0 Å². The second-order valence-electron chi connectivity index (χ2n) is 5.97. The Bertz CT molecular complexity index is 410. The van der Waals surface area contributed by atoms with E-state index in [1.807, 2.05) is 25.2 Å². The van der Waals surface area contributed by atoms with Gasteiger partial charge in [0.05, 0.1) is 6.04 Å². The summed E-state index contributed by atoms with van der Waals surface area (Å²) in [4.78, 5) is 12.7. The number of carbonyl (C=O) groups is 1. The number of benzene rings is 1. The molecule has 2 atom stereocenters. The highest BCUT2D eigenvalue weighted by Gasteiger charge is 2.40. The summed E-state index contributed by atoms with van der Waals surface area (Å²) in [6.45, 7) is 4.39. The van der Waals surface area contributed by atoms with Crippen LogP contribution in [-0.2, 0) is 4.79 Å². The zero-order valence-corrected chi connectivity index (χ0v) is 11.6. The third-order valence-corrected chi connectivity index (χ3v) is 4.21. The van der Waals surface area contributed by atoms with Crippen LogP contribution >= 0.6 is 0 Å². The van der Waals surface area contributed by atoms with Gasteiger partial charge >= 0.3 is 0 Å². The molecule has 1 aliphatic rings. The summed E-state index contributed by atoms with van der Waals surface area (Å²) in [5.74, 6) is 0.414. The molecule has 2 rings (SSSR count). The first kappa shape index (κ1) is 13.3. The summed E-state index contributed by atoms with van der Waals surface area (Å²) < 4.78 is 0. The summed E-state index contributed by atoms with van der Waals surface area (Å²) in [6.07, 6.45) is 3.20. The van der Waals surface area contributed by atoms with Gasteiger partial charge in [-0.05, 0) is 30.9 Å². The number of nitrogens with one attached hydrogen (secondary N) is 1. The van der Waals surface area contributed by atoms with E-state index in [0.717, 1.165) is 19.3 Å². The number of Topliss-reactive ketones (excluding diaryl/α,β-unsaturated/α-hetero) is 1. The third-order valence-electron chi connectivity index (χ3n) is 4.21. The summed E-state index contributed by atoms with van der Waals surface area (Å²) in [7, 11) is 1.90. The van der Waals surface area contributed by atoms with E-state index in [0.29, 0.717) is 5.78 Å². The largest absolute Gasteiger partial charge is 0.310 e. The highest BCUT2D eigenvalue weighted by atomic mass is 16.1. The summed E-state index contributed by atoms with van der Waals surface area (Å²) in [5, 5.41) is 3.23. The molecule has 18 heavy (non-hydrogen) atoms. The first-order valence-corrected chi connectivity index (χ1v) is 6.82. The van der Waals surface area contributed by atoms with Crippen molar-refractivity contribution in [2.24, 2.45) is 5.41 Å². The molecule has 1 aromatic carbocycles. The van der Waals surface area contributed by atoms with E-state index in [2.05, 4.69) is 31.3 Å². The Labute approximate surface area is 110 Å². The van der Waals surface area contributed by atoms with E-state index in [1.165, 1.54) is 5.56 Å². The predicted octanol–water partition coefficient (Wildman–Crippen LogP) is 3.14. The van der Waals surface area contributed by atoms with Gasteiger partial charge in [-0.1, -0.05) is 50.6 Å². The molecule has 0 radical (unpaired) electrons. The Kier molecular flexibility index (Phi) is 3.86. The van der Waals surface area contributed by atoms with E-state index in [-0.39, 0.29) is 17.4 Å². The van der Waals surface area contributed by atoms with Crippen LogP contribution in [0.1, 0.15) is 44.6 Å². The maximum atomic E-state index is 12.7. The van der Waals surface area contributed by atoms with Gasteiger partial charge in [0, 0.05) is 5.92 Å². The van der Waals surface area contributed by atoms with Gasteiger partial charge in [0.1, 0.15) is 0 Å². The van der Waals surface area contributed by atoms with Crippen molar-refractivity contribution in [3.63, 3.8) is 0 Å². The van der Waals surface area contributed by atoms with Gasteiger partial charge in [-0.25, -0.2) is 0 Å². The highest BCUT2D eigenvalue weighted by molar-refractivity contribution is 5.91. The van der Waals surface area contributed by atoms with Crippen LogP contribution in [0.2, 0.25) is 0 Å². The highest BCUT2D eigenvalue weighted by Crippen LogP contribution is 2.38. The minimum atomic E-state index is -0.0368. The number of carbonyl (C=O) groups excluding carboxylic acids is 1. The molecule has 0 aromatic heterocycles. The van der Waals surface area contributed by atoms with Crippen molar-refractivity contribution >= 4 is 5.78 Å². The Balaban J connectivity index is 2.31. The van der Waals surface area contributed by atoms with Crippen molar-refractivity contribution in [2.75, 3.05) is 7.05 Å². The fraction of sp³-hybridized carbons (Fsp3) is 0.562. The molecular weight excluding hydrogens is 222 g/mol. The second-order valence-corrected chi connectivity index (χ2v) is 5.97. The fourth-order valence-corrected chi connectivity index (χ4v) is 3.18. The summed E-state index contributed by atoms with van der Waals surface area (Å²) in [5.41, 5.74) is 1.22. The molecule has 1 saturated carbocycles. The van der Waals surface area contributed by atoms with E-state index < -0.39 is 0 Å². The standard InChI is InChI=1S/C16H23NO/c1-16(2)11-7-10-13(14(18)15(16)17-3)12-8-5-4-6-9-12/h4-6,8-9,13,15,17H,7,10-11H2,1-3H3. The molecule has 98 valence electrons. The molecule has 1 N–H and O–H groups in total. The number of ketones is 1. The number of likely N-dealkylation sites (N-methyl/N-ethyl adjacent to an activating group) is 1. The van der Waals surface area contributed by atoms with E-state index in [4.69, 9.17) is 0 Å². The van der Waals surface area contributed by atoms with Crippen LogP contribution in [0.25, 0.3) is 0 Å². The second kappa shape index (κ2) is 5.23. The summed E-state index contributed by atoms with van der Waals surface area (Å²) in [6, 6.07) is 10.2. The van der Waals surface area contributed by atoms with Gasteiger partial charge in [0.15, 0.2) is 5.78 Å². The van der Waals surface area contributed by atoms with E-state index in [9.17, 15) is 4.79 Å². The summed E-state index contributed by atoms with van der Waals surface area (Å²) >= 11 is 0. The normalized spacial score (nSPS) is 27.8. The molecule has 0 spiro atoms. The lowest BCUT2D eigenvalue weighted by atomic mass is 9.78. The Hall–Kier alpha value is -1.15. The van der Waals surface area contributed by atoms with Crippen molar-refractivity contribution in [3.05, 3.63) is 35.9 Å². The van der Waals surface area contributed by atoms with E-state index >= 15 is 0 Å². The molecule has 2 nitrogen and oxygen atoms in total. The maximum absolute atomic E-state index is 12.7. The topological polar surface area (TPSA) is 29.1 Å². The quantitative estimate of drug-likeness (QED) is 0.811. The molecule has 2 heteroatoms. The lowest BCUT2D eigenvalue weighted by Gasteiger charge is -2.32. The van der Waals surface area contributed by atoms with Crippen LogP contribution in [0, 0.1) is 5.41 Å². The third kappa shape index (κ3) is 2.49. The van der Waals surface area contributed by atoms with E-state index in [1.54, 1.807) is 0 Å². The minimum absolute atomic E-state index is 0.0368. The maximum Gasteiger partial charge on any atom is 0.157 e. The molecule has 2 unspecified atom stereocenters. The first-order chi connectivity index (χ1) is 8.56. The van der Waals surface area contributed by atoms with Gasteiger partial charge in [0.25, 0.3) is 0 Å². The predicted molar refractivity (Wildman–Crippen MR) is 74.7 cm³/mol. The van der Waals surface area contributed by atoms with Gasteiger partial charge in [0.2, 0.25) is 0 Å². The average molecular weight is 245 g/mol. The lowest BCUT2D eigenvalue weighted by Crippen LogP contribution is -2.46. The Morgan fingerprint density at radius 3 is 2.50 bits per heavy atom. The Morgan fingerprint density at radius 1 is 1.22 bits per heavy atom. The molecule has 1 aromatic rings.